The number of imide groups is 1. The first-order chi connectivity index (χ1) is 14.1. The summed E-state index contributed by atoms with van der Waals surface area (Å²) in [6.07, 6.45) is 5.33. The number of piperidine rings is 1. The van der Waals surface area contributed by atoms with Gasteiger partial charge in [0, 0.05) is 12.6 Å². The Balaban J connectivity index is 1.69. The van der Waals surface area contributed by atoms with Crippen LogP contribution < -0.4 is 9.64 Å². The molecular formula is C23H22N2O4. The molecule has 0 saturated carbocycles. The van der Waals surface area contributed by atoms with E-state index in [9.17, 15) is 14.4 Å². The van der Waals surface area contributed by atoms with Gasteiger partial charge in [-0.1, -0.05) is 24.3 Å². The zero-order valence-corrected chi connectivity index (χ0v) is 16.2. The van der Waals surface area contributed by atoms with Gasteiger partial charge in [0.25, 0.3) is 17.7 Å². The van der Waals surface area contributed by atoms with Crippen LogP contribution in [0, 0.1) is 0 Å². The smallest absolute Gasteiger partial charge is 0.257 e. The topological polar surface area (TPSA) is 66.9 Å². The Morgan fingerprint density at radius 2 is 1.83 bits per heavy atom. The molecule has 0 aromatic heterocycles. The third-order valence-electron chi connectivity index (χ3n) is 5.40. The Kier molecular flexibility index (Phi) is 5.16. The van der Waals surface area contributed by atoms with E-state index in [0.717, 1.165) is 29.1 Å². The molecule has 0 bridgehead atoms. The summed E-state index contributed by atoms with van der Waals surface area (Å²) < 4.78 is 5.14. The largest absolute Gasteiger partial charge is 0.497 e. The van der Waals surface area contributed by atoms with E-state index in [1.165, 1.54) is 6.08 Å². The lowest BCUT2D eigenvalue weighted by Gasteiger charge is -2.33. The minimum absolute atomic E-state index is 0.187. The first kappa shape index (κ1) is 18.9. The van der Waals surface area contributed by atoms with Crippen molar-refractivity contribution in [3.63, 3.8) is 0 Å². The Labute approximate surface area is 169 Å². The van der Waals surface area contributed by atoms with E-state index in [0.29, 0.717) is 24.2 Å². The number of hydrogen-bond donors (Lipinski definition) is 0. The van der Waals surface area contributed by atoms with Gasteiger partial charge < -0.3 is 9.64 Å². The number of nitrogens with zero attached hydrogens (tertiary/aromatic N) is 2. The highest BCUT2D eigenvalue weighted by molar-refractivity contribution is 6.25. The van der Waals surface area contributed by atoms with Crippen LogP contribution >= 0.6 is 0 Å². The normalized spacial score (nSPS) is 19.0. The van der Waals surface area contributed by atoms with Gasteiger partial charge in [0.1, 0.15) is 11.8 Å². The summed E-state index contributed by atoms with van der Waals surface area (Å²) >= 11 is 0. The third-order valence-corrected chi connectivity index (χ3v) is 5.40. The molecule has 1 saturated heterocycles. The summed E-state index contributed by atoms with van der Waals surface area (Å²) in [6.45, 7) is 0.535. The summed E-state index contributed by atoms with van der Waals surface area (Å²) in [5.41, 5.74) is 1.54. The number of carbonyl (C=O) groups excluding carboxylic acids is 3. The molecule has 2 heterocycles. The number of carbonyl (C=O) groups is 3. The van der Waals surface area contributed by atoms with Crippen LogP contribution in [0.1, 0.15) is 35.2 Å². The van der Waals surface area contributed by atoms with Crippen molar-refractivity contribution >= 4 is 29.5 Å². The van der Waals surface area contributed by atoms with Gasteiger partial charge >= 0.3 is 0 Å². The zero-order valence-electron chi connectivity index (χ0n) is 16.2. The number of ether oxygens (including phenoxy) is 1. The molecule has 2 aliphatic heterocycles. The summed E-state index contributed by atoms with van der Waals surface area (Å²) in [6, 6.07) is 13.5. The molecule has 4 rings (SSSR count). The maximum atomic E-state index is 13.3. The molecule has 0 unspecified atom stereocenters. The van der Waals surface area contributed by atoms with Crippen LogP contribution in [0.3, 0.4) is 0 Å². The fourth-order valence-corrected chi connectivity index (χ4v) is 3.89. The van der Waals surface area contributed by atoms with Crippen LogP contribution in [0.15, 0.2) is 54.6 Å². The molecule has 6 heteroatoms. The van der Waals surface area contributed by atoms with Gasteiger partial charge in [0.15, 0.2) is 0 Å². The Bertz CT molecular complexity index is 981. The molecule has 2 aromatic rings. The Hall–Kier alpha value is -3.41. The van der Waals surface area contributed by atoms with Crippen molar-refractivity contribution in [1.82, 2.24) is 4.90 Å². The molecule has 29 heavy (non-hydrogen) atoms. The van der Waals surface area contributed by atoms with Crippen LogP contribution in [-0.4, -0.2) is 42.3 Å². The predicted molar refractivity (Wildman–Crippen MR) is 110 cm³/mol. The summed E-state index contributed by atoms with van der Waals surface area (Å²) in [5.74, 6) is -0.264. The number of amides is 3. The van der Waals surface area contributed by atoms with Crippen molar-refractivity contribution in [2.75, 3.05) is 18.6 Å². The highest BCUT2D eigenvalue weighted by atomic mass is 16.5. The molecule has 0 radical (unpaired) electrons. The van der Waals surface area contributed by atoms with E-state index in [1.54, 1.807) is 54.5 Å². The predicted octanol–water partition coefficient (Wildman–Crippen LogP) is 3.28. The lowest BCUT2D eigenvalue weighted by Crippen LogP contribution is -2.51. The van der Waals surface area contributed by atoms with E-state index < -0.39 is 11.9 Å². The maximum Gasteiger partial charge on any atom is 0.257 e. The van der Waals surface area contributed by atoms with Crippen molar-refractivity contribution in [3.8, 4) is 5.75 Å². The zero-order chi connectivity index (χ0) is 20.4. The Morgan fingerprint density at radius 3 is 2.59 bits per heavy atom. The molecule has 6 nitrogen and oxygen atoms in total. The average molecular weight is 390 g/mol. The second-order valence-electron chi connectivity index (χ2n) is 7.15. The quantitative estimate of drug-likeness (QED) is 0.755. The molecule has 2 aromatic carbocycles. The number of anilines is 1. The molecule has 3 amide bonds. The fraction of sp³-hybridized carbons (Fsp3) is 0.261. The highest BCUT2D eigenvalue weighted by Gasteiger charge is 2.42. The molecule has 2 aliphatic rings. The van der Waals surface area contributed by atoms with Gasteiger partial charge in [-0.15, -0.1) is 0 Å². The molecular weight excluding hydrogens is 368 g/mol. The minimum atomic E-state index is -0.595. The van der Waals surface area contributed by atoms with Gasteiger partial charge in [-0.25, -0.2) is 4.90 Å². The maximum absolute atomic E-state index is 13.3. The minimum Gasteiger partial charge on any atom is -0.497 e. The van der Waals surface area contributed by atoms with Crippen molar-refractivity contribution in [1.29, 1.82) is 0 Å². The van der Waals surface area contributed by atoms with E-state index in [-0.39, 0.29) is 11.8 Å². The van der Waals surface area contributed by atoms with Crippen LogP contribution in [-0.2, 0) is 9.59 Å². The number of para-hydroxylation sites is 1. The summed E-state index contributed by atoms with van der Waals surface area (Å²) in [4.78, 5) is 42.2. The first-order valence-corrected chi connectivity index (χ1v) is 9.70. The van der Waals surface area contributed by atoms with Crippen LogP contribution in [0.4, 0.5) is 5.69 Å². The van der Waals surface area contributed by atoms with E-state index >= 15 is 0 Å². The van der Waals surface area contributed by atoms with Gasteiger partial charge in [0.05, 0.1) is 18.4 Å². The van der Waals surface area contributed by atoms with E-state index in [2.05, 4.69) is 0 Å². The van der Waals surface area contributed by atoms with Gasteiger partial charge in [-0.2, -0.15) is 0 Å². The van der Waals surface area contributed by atoms with Crippen LogP contribution in [0.2, 0.25) is 0 Å². The second kappa shape index (κ2) is 7.91. The van der Waals surface area contributed by atoms with Gasteiger partial charge in [-0.05, 0) is 55.2 Å². The van der Waals surface area contributed by atoms with Crippen molar-refractivity contribution < 1.29 is 19.1 Å². The lowest BCUT2D eigenvalue weighted by molar-refractivity contribution is -0.128. The molecule has 1 fully saturated rings. The summed E-state index contributed by atoms with van der Waals surface area (Å²) in [5, 5.41) is 0. The number of benzene rings is 2. The fourth-order valence-electron chi connectivity index (χ4n) is 3.89. The van der Waals surface area contributed by atoms with Crippen molar-refractivity contribution in [2.45, 2.75) is 25.3 Å². The highest BCUT2D eigenvalue weighted by Crippen LogP contribution is 2.32. The number of fused-ring (bicyclic) bond motifs is 2. The van der Waals surface area contributed by atoms with Crippen molar-refractivity contribution in [2.24, 2.45) is 0 Å². The van der Waals surface area contributed by atoms with Gasteiger partial charge in [-0.3, -0.25) is 14.4 Å². The van der Waals surface area contributed by atoms with E-state index in [4.69, 9.17) is 4.74 Å². The van der Waals surface area contributed by atoms with Gasteiger partial charge in [0.2, 0.25) is 0 Å². The second-order valence-corrected chi connectivity index (χ2v) is 7.15. The monoisotopic (exact) mass is 390 g/mol. The van der Waals surface area contributed by atoms with Crippen molar-refractivity contribution in [3.05, 3.63) is 65.7 Å². The van der Waals surface area contributed by atoms with Crippen LogP contribution in [0.5, 0.6) is 5.75 Å². The third kappa shape index (κ3) is 3.53. The molecule has 0 N–H and O–H groups in total. The molecule has 1 atom stereocenters. The lowest BCUT2D eigenvalue weighted by atomic mass is 10.0. The standard InChI is InChI=1S/C23H22N2O4/c1-29-17-12-9-16(10-13-17)11-14-21(26)25-19-7-3-2-6-18(19)22(27)24-15-5-4-8-20(24)23(25)28/h2-3,6-7,9-14,20H,4-5,8,15H2,1H3/b14-11+/t20-/m0/s1. The Morgan fingerprint density at radius 1 is 1.07 bits per heavy atom. The number of hydrogen-bond acceptors (Lipinski definition) is 4. The first-order valence-electron chi connectivity index (χ1n) is 9.70. The van der Waals surface area contributed by atoms with Crippen LogP contribution in [0.25, 0.3) is 6.08 Å². The molecule has 0 spiro atoms. The summed E-state index contributed by atoms with van der Waals surface area (Å²) in [7, 11) is 1.59. The average Bonchev–Trinajstić information content (AvgIpc) is 2.86. The number of rotatable bonds is 3. The SMILES string of the molecule is COc1ccc(/C=C/C(=O)N2C(=O)[C@@H]3CCCCN3C(=O)c3ccccc32)cc1. The number of methoxy groups -OCH3 is 1. The van der Waals surface area contributed by atoms with E-state index in [1.807, 2.05) is 12.1 Å². The molecule has 148 valence electrons. The molecule has 0 aliphatic carbocycles.